The van der Waals surface area contributed by atoms with Crippen molar-refractivity contribution in [2.24, 2.45) is 0 Å². The largest absolute Gasteiger partial charge is 0.493 e. The van der Waals surface area contributed by atoms with Gasteiger partial charge in [-0.25, -0.2) is 0 Å². The molecular weight excluding hydrogens is 272 g/mol. The van der Waals surface area contributed by atoms with Gasteiger partial charge in [0.25, 0.3) is 0 Å². The zero-order valence-electron chi connectivity index (χ0n) is 12.0. The first-order chi connectivity index (χ1) is 9.74. The van der Waals surface area contributed by atoms with Gasteiger partial charge in [0.2, 0.25) is 0 Å². The molecule has 3 rings (SSSR count). The van der Waals surface area contributed by atoms with E-state index in [1.807, 2.05) is 23.9 Å². The Morgan fingerprint density at radius 2 is 1.80 bits per heavy atom. The lowest BCUT2D eigenvalue weighted by Crippen LogP contribution is -2.19. The van der Waals surface area contributed by atoms with E-state index in [9.17, 15) is 4.79 Å². The van der Waals surface area contributed by atoms with Gasteiger partial charge in [0, 0.05) is 10.8 Å². The fourth-order valence-electron chi connectivity index (χ4n) is 3.36. The van der Waals surface area contributed by atoms with Crippen molar-refractivity contribution < 1.29 is 14.3 Å². The summed E-state index contributed by atoms with van der Waals surface area (Å²) in [6.45, 7) is 0. The molecule has 2 atom stereocenters. The van der Waals surface area contributed by atoms with Crippen LogP contribution in [0, 0.1) is 0 Å². The van der Waals surface area contributed by atoms with Crippen molar-refractivity contribution in [1.29, 1.82) is 0 Å². The normalized spacial score (nSPS) is 25.4. The number of ketones is 1. The Balaban J connectivity index is 2.12. The van der Waals surface area contributed by atoms with E-state index in [4.69, 9.17) is 9.47 Å². The number of carbonyl (C=O) groups excluding carboxylic acids is 1. The Bertz CT molecular complexity index is 527. The highest BCUT2D eigenvalue weighted by Crippen LogP contribution is 2.46. The zero-order valence-corrected chi connectivity index (χ0v) is 12.8. The monoisotopic (exact) mass is 292 g/mol. The van der Waals surface area contributed by atoms with Crippen molar-refractivity contribution in [2.75, 3.05) is 20.0 Å². The lowest BCUT2D eigenvalue weighted by atomic mass is 9.81. The van der Waals surface area contributed by atoms with Crippen molar-refractivity contribution in [3.63, 3.8) is 0 Å². The average molecular weight is 292 g/mol. The first kappa shape index (κ1) is 13.8. The minimum Gasteiger partial charge on any atom is -0.493 e. The molecule has 0 N–H and O–H groups in total. The Kier molecular flexibility index (Phi) is 3.92. The summed E-state index contributed by atoms with van der Waals surface area (Å²) in [5.74, 6) is 2.67. The number of carbonyl (C=O) groups is 1. The molecule has 1 aliphatic heterocycles. The molecule has 0 saturated heterocycles. The zero-order chi connectivity index (χ0) is 14.1. The van der Waals surface area contributed by atoms with Crippen LogP contribution in [0.15, 0.2) is 12.1 Å². The van der Waals surface area contributed by atoms with Gasteiger partial charge in [0.05, 0.1) is 20.0 Å². The van der Waals surface area contributed by atoms with Gasteiger partial charge in [-0.3, -0.25) is 4.79 Å². The number of methoxy groups -OCH3 is 2. The Hall–Kier alpha value is -1.16. The van der Waals surface area contributed by atoms with Crippen LogP contribution < -0.4 is 9.47 Å². The third-order valence-electron chi connectivity index (χ3n) is 4.39. The molecule has 0 radical (unpaired) electrons. The molecule has 108 valence electrons. The summed E-state index contributed by atoms with van der Waals surface area (Å²) in [6, 6.07) is 3.90. The molecule has 1 heterocycles. The van der Waals surface area contributed by atoms with Crippen LogP contribution in [-0.2, 0) is 0 Å². The molecule has 2 aliphatic rings. The smallest absolute Gasteiger partial charge is 0.173 e. The number of benzene rings is 1. The summed E-state index contributed by atoms with van der Waals surface area (Å²) < 4.78 is 10.8. The Morgan fingerprint density at radius 3 is 2.55 bits per heavy atom. The summed E-state index contributed by atoms with van der Waals surface area (Å²) in [4.78, 5) is 12.4. The highest BCUT2D eigenvalue weighted by Gasteiger charge is 2.34. The third kappa shape index (κ3) is 2.30. The van der Waals surface area contributed by atoms with Crippen molar-refractivity contribution in [3.05, 3.63) is 23.3 Å². The van der Waals surface area contributed by atoms with Crippen molar-refractivity contribution in [1.82, 2.24) is 0 Å². The van der Waals surface area contributed by atoms with Crippen LogP contribution in [0.5, 0.6) is 11.5 Å². The first-order valence-corrected chi connectivity index (χ1v) is 8.20. The molecular formula is C16H20O3S. The van der Waals surface area contributed by atoms with E-state index in [0.717, 1.165) is 11.3 Å². The molecule has 3 nitrogen and oxygen atoms in total. The summed E-state index contributed by atoms with van der Waals surface area (Å²) >= 11 is 1.83. The lowest BCUT2D eigenvalue weighted by Gasteiger charge is -2.30. The molecule has 0 bridgehead atoms. The van der Waals surface area contributed by atoms with Crippen LogP contribution in [-0.4, -0.2) is 31.0 Å². The molecule has 2 unspecified atom stereocenters. The van der Waals surface area contributed by atoms with Gasteiger partial charge >= 0.3 is 0 Å². The Morgan fingerprint density at radius 1 is 1.10 bits per heavy atom. The summed E-state index contributed by atoms with van der Waals surface area (Å²) in [7, 11) is 3.26. The quantitative estimate of drug-likeness (QED) is 0.833. The number of ether oxygens (including phenoxy) is 2. The summed E-state index contributed by atoms with van der Waals surface area (Å²) in [5, 5.41) is 0.576. The molecule has 1 saturated carbocycles. The molecule has 1 aromatic carbocycles. The minimum atomic E-state index is 0.223. The van der Waals surface area contributed by atoms with Crippen molar-refractivity contribution >= 4 is 17.5 Å². The van der Waals surface area contributed by atoms with Crippen LogP contribution in [0.4, 0.5) is 0 Å². The number of hydrogen-bond donors (Lipinski definition) is 0. The fourth-order valence-corrected chi connectivity index (χ4v) is 4.72. The van der Waals surface area contributed by atoms with Crippen LogP contribution >= 0.6 is 11.8 Å². The van der Waals surface area contributed by atoms with E-state index in [1.54, 1.807) is 14.2 Å². The van der Waals surface area contributed by atoms with E-state index in [2.05, 4.69) is 0 Å². The van der Waals surface area contributed by atoms with Gasteiger partial charge < -0.3 is 9.47 Å². The minimum absolute atomic E-state index is 0.223. The fraction of sp³-hybridized carbons (Fsp3) is 0.562. The predicted molar refractivity (Wildman–Crippen MR) is 81.3 cm³/mol. The average Bonchev–Trinajstić information content (AvgIpc) is 2.64. The third-order valence-corrected chi connectivity index (χ3v) is 5.81. The van der Waals surface area contributed by atoms with Gasteiger partial charge in [-0.2, -0.15) is 0 Å². The van der Waals surface area contributed by atoms with Crippen LogP contribution in [0.3, 0.4) is 0 Å². The van der Waals surface area contributed by atoms with E-state index in [-0.39, 0.29) is 5.78 Å². The second-order valence-electron chi connectivity index (χ2n) is 5.46. The van der Waals surface area contributed by atoms with E-state index >= 15 is 0 Å². The first-order valence-electron chi connectivity index (χ1n) is 7.15. The SMILES string of the molecule is COc1cc2c(cc1OC)C1CCCCC1SCC2=O. The topological polar surface area (TPSA) is 35.5 Å². The number of hydrogen-bond acceptors (Lipinski definition) is 4. The second-order valence-corrected chi connectivity index (χ2v) is 6.69. The number of thioether (sulfide) groups is 1. The van der Waals surface area contributed by atoms with Crippen molar-refractivity contribution in [2.45, 2.75) is 36.9 Å². The maximum atomic E-state index is 12.4. The Labute approximate surface area is 124 Å². The van der Waals surface area contributed by atoms with Gasteiger partial charge in [0.15, 0.2) is 17.3 Å². The van der Waals surface area contributed by atoms with Crippen LogP contribution in [0.2, 0.25) is 0 Å². The maximum absolute atomic E-state index is 12.4. The highest BCUT2D eigenvalue weighted by molar-refractivity contribution is 8.00. The van der Waals surface area contributed by atoms with Gasteiger partial charge in [-0.05, 0) is 36.5 Å². The van der Waals surface area contributed by atoms with Crippen LogP contribution in [0.1, 0.15) is 47.5 Å². The van der Waals surface area contributed by atoms with Gasteiger partial charge in [0.1, 0.15) is 0 Å². The molecule has 1 aromatic rings. The van der Waals surface area contributed by atoms with Crippen molar-refractivity contribution in [3.8, 4) is 11.5 Å². The molecule has 20 heavy (non-hydrogen) atoms. The molecule has 0 aromatic heterocycles. The molecule has 0 spiro atoms. The molecule has 4 heteroatoms. The van der Waals surface area contributed by atoms with E-state index in [1.165, 1.54) is 31.2 Å². The summed E-state index contributed by atoms with van der Waals surface area (Å²) in [6.07, 6.45) is 4.93. The van der Waals surface area contributed by atoms with Gasteiger partial charge in [-0.1, -0.05) is 12.8 Å². The summed E-state index contributed by atoms with van der Waals surface area (Å²) in [5.41, 5.74) is 2.01. The number of Topliss-reactive ketones (excluding diaryl/α,β-unsaturated/α-hetero) is 1. The predicted octanol–water partition coefficient (Wildman–Crippen LogP) is 3.66. The van der Waals surface area contributed by atoms with E-state index < -0.39 is 0 Å². The second kappa shape index (κ2) is 5.68. The van der Waals surface area contributed by atoms with E-state index in [0.29, 0.717) is 22.7 Å². The standard InChI is InChI=1S/C16H20O3S/c1-18-14-7-11-10-5-3-4-6-16(10)20-9-13(17)12(11)8-15(14)19-2/h7-8,10,16H,3-6,9H2,1-2H3. The van der Waals surface area contributed by atoms with Crippen LogP contribution in [0.25, 0.3) is 0 Å². The van der Waals surface area contributed by atoms with Gasteiger partial charge in [-0.15, -0.1) is 11.8 Å². The number of rotatable bonds is 2. The molecule has 1 aliphatic carbocycles. The maximum Gasteiger partial charge on any atom is 0.173 e. The molecule has 0 amide bonds. The molecule has 1 fully saturated rings. The lowest BCUT2D eigenvalue weighted by molar-refractivity contribution is 0.102. The number of fused-ring (bicyclic) bond motifs is 3. The highest BCUT2D eigenvalue weighted by atomic mass is 32.2.